The molecule has 2 aromatic carbocycles. The summed E-state index contributed by atoms with van der Waals surface area (Å²) in [4.78, 5) is 12.9. The Hall–Kier alpha value is -3.20. The van der Waals surface area contributed by atoms with Crippen molar-refractivity contribution in [2.75, 3.05) is 12.0 Å². The number of carbonyl (C=O) groups excluding carboxylic acids is 1. The van der Waals surface area contributed by atoms with Crippen molar-refractivity contribution in [3.05, 3.63) is 48.0 Å². The van der Waals surface area contributed by atoms with Gasteiger partial charge in [-0.2, -0.15) is 5.26 Å². The summed E-state index contributed by atoms with van der Waals surface area (Å²) in [5.74, 6) is 0.336. The van der Waals surface area contributed by atoms with Crippen LogP contribution in [0.3, 0.4) is 0 Å². The number of urea groups is 1. The number of benzene rings is 2. The van der Waals surface area contributed by atoms with E-state index in [-0.39, 0.29) is 17.0 Å². The highest BCUT2D eigenvalue weighted by Crippen LogP contribution is 2.34. The van der Waals surface area contributed by atoms with Crippen molar-refractivity contribution in [1.29, 1.82) is 5.26 Å². The summed E-state index contributed by atoms with van der Waals surface area (Å²) >= 11 is 0. The molecule has 0 aromatic heterocycles. The van der Waals surface area contributed by atoms with Crippen LogP contribution in [0.5, 0.6) is 11.5 Å². The van der Waals surface area contributed by atoms with E-state index in [0.717, 1.165) is 4.90 Å². The van der Waals surface area contributed by atoms with Crippen LogP contribution in [0.2, 0.25) is 0 Å². The summed E-state index contributed by atoms with van der Waals surface area (Å²) in [5.41, 5.74) is 6.32. The number of aromatic hydroxyl groups is 1. The Labute approximate surface area is 121 Å². The molecular formula is C15H13N3O3. The number of hydrogen-bond acceptors (Lipinski definition) is 4. The lowest BCUT2D eigenvalue weighted by Gasteiger charge is -2.22. The minimum atomic E-state index is -0.761. The predicted octanol–water partition coefficient (Wildman–Crippen LogP) is 2.49. The molecule has 0 saturated heterocycles. The summed E-state index contributed by atoms with van der Waals surface area (Å²) in [6, 6.07) is 12.1. The number of nitrogens with zero attached hydrogens (tertiary/aromatic N) is 2. The van der Waals surface area contributed by atoms with Crippen LogP contribution in [-0.4, -0.2) is 18.2 Å². The molecular weight excluding hydrogens is 270 g/mol. The second kappa shape index (κ2) is 5.84. The summed E-state index contributed by atoms with van der Waals surface area (Å²) in [7, 11) is 1.51. The number of hydrogen-bond donors (Lipinski definition) is 2. The van der Waals surface area contributed by atoms with Crippen LogP contribution < -0.4 is 15.4 Å². The summed E-state index contributed by atoms with van der Waals surface area (Å²) in [6.45, 7) is 0. The van der Waals surface area contributed by atoms with Gasteiger partial charge in [-0.15, -0.1) is 0 Å². The van der Waals surface area contributed by atoms with Gasteiger partial charge in [0.25, 0.3) is 0 Å². The number of phenolic OH excluding ortho intramolecular Hbond substituents is 1. The molecule has 0 radical (unpaired) electrons. The van der Waals surface area contributed by atoms with Crippen molar-refractivity contribution >= 4 is 17.4 Å². The first kappa shape index (κ1) is 14.2. The van der Waals surface area contributed by atoms with Gasteiger partial charge in [0.05, 0.1) is 30.1 Å². The quantitative estimate of drug-likeness (QED) is 0.903. The Bertz CT molecular complexity index is 722. The smallest absolute Gasteiger partial charge is 0.324 e. The Morgan fingerprint density at radius 3 is 2.67 bits per heavy atom. The molecule has 106 valence electrons. The monoisotopic (exact) mass is 283 g/mol. The first-order valence-electron chi connectivity index (χ1n) is 6.03. The molecule has 2 rings (SSSR count). The van der Waals surface area contributed by atoms with E-state index >= 15 is 0 Å². The standard InChI is InChI=1S/C15H13N3O3/c1-21-12-4-2-3-11(8-12)18(15(17)20)13-6-5-10(9-16)7-14(13)19/h2-8,19H,1H3,(H2,17,20). The number of ether oxygens (including phenoxy) is 1. The van der Waals surface area contributed by atoms with Crippen LogP contribution >= 0.6 is 0 Å². The molecule has 0 unspecified atom stereocenters. The molecule has 6 heteroatoms. The van der Waals surface area contributed by atoms with Gasteiger partial charge < -0.3 is 15.6 Å². The average Bonchev–Trinajstić information content (AvgIpc) is 2.49. The van der Waals surface area contributed by atoms with Gasteiger partial charge in [0.2, 0.25) is 0 Å². The molecule has 2 amide bonds. The van der Waals surface area contributed by atoms with Gasteiger partial charge in [-0.25, -0.2) is 4.79 Å². The van der Waals surface area contributed by atoms with E-state index in [9.17, 15) is 9.90 Å². The van der Waals surface area contributed by atoms with Crippen molar-refractivity contribution in [1.82, 2.24) is 0 Å². The molecule has 3 N–H and O–H groups in total. The topological polar surface area (TPSA) is 99.6 Å². The Balaban J connectivity index is 2.54. The molecule has 0 aliphatic rings. The van der Waals surface area contributed by atoms with E-state index in [1.165, 1.54) is 25.3 Å². The fraction of sp³-hybridized carbons (Fsp3) is 0.0667. The van der Waals surface area contributed by atoms with E-state index in [4.69, 9.17) is 15.7 Å². The fourth-order valence-electron chi connectivity index (χ4n) is 1.92. The number of nitrogens with two attached hydrogens (primary N) is 1. The van der Waals surface area contributed by atoms with Gasteiger partial charge in [-0.05, 0) is 30.3 Å². The van der Waals surface area contributed by atoms with Gasteiger partial charge in [-0.3, -0.25) is 4.90 Å². The minimum absolute atomic E-state index is 0.190. The number of amides is 2. The number of rotatable bonds is 3. The van der Waals surface area contributed by atoms with Gasteiger partial charge in [0.15, 0.2) is 0 Å². The first-order valence-corrected chi connectivity index (χ1v) is 6.03. The maximum Gasteiger partial charge on any atom is 0.324 e. The molecule has 0 aliphatic carbocycles. The van der Waals surface area contributed by atoms with E-state index in [1.807, 2.05) is 6.07 Å². The second-order valence-corrected chi connectivity index (χ2v) is 4.19. The maximum absolute atomic E-state index is 11.7. The Kier molecular flexibility index (Phi) is 3.95. The molecule has 6 nitrogen and oxygen atoms in total. The zero-order valence-electron chi connectivity index (χ0n) is 11.3. The highest BCUT2D eigenvalue weighted by Gasteiger charge is 2.19. The van der Waals surface area contributed by atoms with Gasteiger partial charge >= 0.3 is 6.03 Å². The normalized spacial score (nSPS) is 9.71. The number of methoxy groups -OCH3 is 1. The van der Waals surface area contributed by atoms with Crippen LogP contribution in [-0.2, 0) is 0 Å². The molecule has 0 saturated carbocycles. The van der Waals surface area contributed by atoms with E-state index in [2.05, 4.69) is 0 Å². The van der Waals surface area contributed by atoms with E-state index in [0.29, 0.717) is 11.4 Å². The molecule has 0 atom stereocenters. The summed E-state index contributed by atoms with van der Waals surface area (Å²) < 4.78 is 5.10. The lowest BCUT2D eigenvalue weighted by molar-refractivity contribution is 0.256. The SMILES string of the molecule is COc1cccc(N(C(N)=O)c2ccc(C#N)cc2O)c1. The summed E-state index contributed by atoms with van der Waals surface area (Å²) in [5, 5.41) is 18.8. The van der Waals surface area contributed by atoms with Crippen LogP contribution in [0, 0.1) is 11.3 Å². The van der Waals surface area contributed by atoms with Crippen molar-refractivity contribution in [2.24, 2.45) is 5.73 Å². The maximum atomic E-state index is 11.7. The fourth-order valence-corrected chi connectivity index (χ4v) is 1.92. The second-order valence-electron chi connectivity index (χ2n) is 4.19. The highest BCUT2D eigenvalue weighted by atomic mass is 16.5. The number of primary amides is 1. The van der Waals surface area contributed by atoms with E-state index < -0.39 is 6.03 Å². The predicted molar refractivity (Wildman–Crippen MR) is 77.5 cm³/mol. The van der Waals surface area contributed by atoms with Crippen molar-refractivity contribution in [2.45, 2.75) is 0 Å². The van der Waals surface area contributed by atoms with Gasteiger partial charge in [0.1, 0.15) is 11.5 Å². The lowest BCUT2D eigenvalue weighted by atomic mass is 10.1. The Morgan fingerprint density at radius 1 is 1.33 bits per heavy atom. The van der Waals surface area contributed by atoms with E-state index in [1.54, 1.807) is 24.3 Å². The van der Waals surface area contributed by atoms with Crippen LogP contribution in [0.25, 0.3) is 0 Å². The average molecular weight is 283 g/mol. The molecule has 0 bridgehead atoms. The zero-order valence-corrected chi connectivity index (χ0v) is 11.3. The third-order valence-corrected chi connectivity index (χ3v) is 2.88. The Morgan fingerprint density at radius 2 is 2.10 bits per heavy atom. The molecule has 0 aliphatic heterocycles. The van der Waals surface area contributed by atoms with Crippen LogP contribution in [0.1, 0.15) is 5.56 Å². The molecule has 21 heavy (non-hydrogen) atoms. The molecule has 0 fully saturated rings. The number of nitriles is 1. The van der Waals surface area contributed by atoms with Crippen molar-refractivity contribution < 1.29 is 14.6 Å². The van der Waals surface area contributed by atoms with Crippen LogP contribution in [0.4, 0.5) is 16.2 Å². The van der Waals surface area contributed by atoms with Crippen molar-refractivity contribution in [3.63, 3.8) is 0 Å². The number of phenols is 1. The first-order chi connectivity index (χ1) is 10.1. The van der Waals surface area contributed by atoms with Crippen molar-refractivity contribution in [3.8, 4) is 17.6 Å². The minimum Gasteiger partial charge on any atom is -0.506 e. The largest absolute Gasteiger partial charge is 0.506 e. The highest BCUT2D eigenvalue weighted by molar-refractivity contribution is 6.00. The number of carbonyl (C=O) groups is 1. The molecule has 0 heterocycles. The van der Waals surface area contributed by atoms with Crippen LogP contribution in [0.15, 0.2) is 42.5 Å². The zero-order chi connectivity index (χ0) is 15.4. The lowest BCUT2D eigenvalue weighted by Crippen LogP contribution is -2.31. The third kappa shape index (κ3) is 2.87. The van der Waals surface area contributed by atoms with Gasteiger partial charge in [0, 0.05) is 6.07 Å². The van der Waals surface area contributed by atoms with Gasteiger partial charge in [-0.1, -0.05) is 6.07 Å². The molecule has 0 spiro atoms. The number of anilines is 2. The molecule has 2 aromatic rings. The summed E-state index contributed by atoms with van der Waals surface area (Å²) in [6.07, 6.45) is 0. The third-order valence-electron chi connectivity index (χ3n) is 2.88.